The maximum absolute atomic E-state index is 5.99. The molecule has 2 aromatic heterocycles. The van der Waals surface area contributed by atoms with E-state index >= 15 is 0 Å². The largest absolute Gasteiger partial charge is 0.398 e. The van der Waals surface area contributed by atoms with E-state index in [1.165, 1.54) is 0 Å². The van der Waals surface area contributed by atoms with E-state index in [2.05, 4.69) is 15.0 Å². The van der Waals surface area contributed by atoms with E-state index in [1.54, 1.807) is 18.2 Å². The second-order valence-electron chi connectivity index (χ2n) is 3.93. The van der Waals surface area contributed by atoms with Gasteiger partial charge in [-0.15, -0.1) is 0 Å². The molecular formula is C12H10ClN5. The predicted molar refractivity (Wildman–Crippen MR) is 73.2 cm³/mol. The third-order valence-corrected chi connectivity index (χ3v) is 2.97. The molecule has 0 aliphatic rings. The molecule has 0 saturated heterocycles. The number of H-pyrrole nitrogens is 1. The van der Waals surface area contributed by atoms with Gasteiger partial charge in [0.15, 0.2) is 5.65 Å². The molecule has 0 unspecified atom stereocenters. The van der Waals surface area contributed by atoms with Gasteiger partial charge in [-0.3, -0.25) is 0 Å². The maximum atomic E-state index is 5.99. The van der Waals surface area contributed by atoms with Crippen LogP contribution in [-0.4, -0.2) is 15.0 Å². The molecule has 0 saturated carbocycles. The van der Waals surface area contributed by atoms with Gasteiger partial charge in [0.2, 0.25) is 0 Å². The van der Waals surface area contributed by atoms with Crippen molar-refractivity contribution < 1.29 is 0 Å². The van der Waals surface area contributed by atoms with Crippen LogP contribution < -0.4 is 11.5 Å². The van der Waals surface area contributed by atoms with Gasteiger partial charge in [-0.2, -0.15) is 0 Å². The fourth-order valence-electron chi connectivity index (χ4n) is 1.72. The molecule has 5 N–H and O–H groups in total. The van der Waals surface area contributed by atoms with Crippen LogP contribution in [0.5, 0.6) is 0 Å². The lowest BCUT2D eigenvalue weighted by Gasteiger charge is -2.00. The number of fused-ring (bicyclic) bond motifs is 1. The molecule has 1 aromatic carbocycles. The van der Waals surface area contributed by atoms with Crippen LogP contribution in [-0.2, 0) is 0 Å². The fraction of sp³-hybridized carbons (Fsp3) is 0. The van der Waals surface area contributed by atoms with E-state index in [1.807, 2.05) is 12.1 Å². The molecule has 6 heteroatoms. The average molecular weight is 260 g/mol. The Morgan fingerprint density at radius 1 is 1.06 bits per heavy atom. The number of nitrogen functional groups attached to an aromatic ring is 2. The van der Waals surface area contributed by atoms with Crippen LogP contribution in [0, 0.1) is 0 Å². The summed E-state index contributed by atoms with van der Waals surface area (Å²) in [5.74, 6) is 1.13. The highest BCUT2D eigenvalue weighted by atomic mass is 35.5. The van der Waals surface area contributed by atoms with E-state index in [0.29, 0.717) is 28.0 Å². The number of aromatic amines is 1. The number of nitrogens with zero attached hydrogens (tertiary/aromatic N) is 2. The van der Waals surface area contributed by atoms with Crippen LogP contribution >= 0.6 is 11.6 Å². The van der Waals surface area contributed by atoms with Gasteiger partial charge in [0.05, 0.1) is 16.2 Å². The average Bonchev–Trinajstić information content (AvgIpc) is 2.75. The van der Waals surface area contributed by atoms with E-state index in [0.717, 1.165) is 11.1 Å². The highest BCUT2D eigenvalue weighted by Crippen LogP contribution is 2.26. The monoisotopic (exact) mass is 259 g/mol. The van der Waals surface area contributed by atoms with Crippen molar-refractivity contribution in [2.75, 3.05) is 11.5 Å². The zero-order valence-corrected chi connectivity index (χ0v) is 10.1. The molecule has 0 atom stereocenters. The first-order chi connectivity index (χ1) is 8.63. The van der Waals surface area contributed by atoms with Crippen molar-refractivity contribution >= 4 is 34.3 Å². The second-order valence-corrected chi connectivity index (χ2v) is 4.34. The maximum Gasteiger partial charge on any atom is 0.180 e. The Kier molecular flexibility index (Phi) is 2.34. The summed E-state index contributed by atoms with van der Waals surface area (Å²) in [7, 11) is 0. The number of imidazole rings is 1. The molecular weight excluding hydrogens is 250 g/mol. The zero-order chi connectivity index (χ0) is 12.7. The third kappa shape index (κ3) is 1.74. The van der Waals surface area contributed by atoms with Crippen LogP contribution in [0.1, 0.15) is 0 Å². The van der Waals surface area contributed by atoms with Gasteiger partial charge in [-0.05, 0) is 30.3 Å². The zero-order valence-electron chi connectivity index (χ0n) is 9.31. The van der Waals surface area contributed by atoms with E-state index < -0.39 is 0 Å². The summed E-state index contributed by atoms with van der Waals surface area (Å²) < 4.78 is 0. The Labute approximate surface area is 108 Å². The lowest BCUT2D eigenvalue weighted by atomic mass is 10.2. The number of benzene rings is 1. The lowest BCUT2D eigenvalue weighted by Crippen LogP contribution is -1.88. The molecule has 0 spiro atoms. The van der Waals surface area contributed by atoms with E-state index in [4.69, 9.17) is 23.1 Å². The first-order valence-electron chi connectivity index (χ1n) is 5.31. The summed E-state index contributed by atoms with van der Waals surface area (Å²) in [6, 6.07) is 8.92. The van der Waals surface area contributed by atoms with Gasteiger partial charge in [0.25, 0.3) is 0 Å². The van der Waals surface area contributed by atoms with Gasteiger partial charge < -0.3 is 16.5 Å². The van der Waals surface area contributed by atoms with Crippen LogP contribution in [0.4, 0.5) is 11.5 Å². The number of halogens is 1. The van der Waals surface area contributed by atoms with Crippen LogP contribution in [0.3, 0.4) is 0 Å². The molecule has 18 heavy (non-hydrogen) atoms. The Bertz CT molecular complexity index is 734. The van der Waals surface area contributed by atoms with Crippen LogP contribution in [0.25, 0.3) is 22.6 Å². The van der Waals surface area contributed by atoms with Crippen molar-refractivity contribution in [3.8, 4) is 11.4 Å². The molecule has 2 heterocycles. The van der Waals surface area contributed by atoms with Crippen molar-refractivity contribution in [1.29, 1.82) is 0 Å². The lowest BCUT2D eigenvalue weighted by molar-refractivity contribution is 1.30. The Balaban J connectivity index is 2.16. The number of hydrogen-bond acceptors (Lipinski definition) is 4. The number of pyridine rings is 1. The van der Waals surface area contributed by atoms with Gasteiger partial charge in [-0.25, -0.2) is 9.97 Å². The SMILES string of the molecule is Nc1ccc2[nH]c(-c3ccc(N)c(Cl)c3)nc2n1. The Hall–Kier alpha value is -2.27. The quantitative estimate of drug-likeness (QED) is 0.585. The van der Waals surface area contributed by atoms with Crippen LogP contribution in [0.15, 0.2) is 30.3 Å². The predicted octanol–water partition coefficient (Wildman–Crippen LogP) is 2.44. The van der Waals surface area contributed by atoms with Crippen molar-refractivity contribution in [3.63, 3.8) is 0 Å². The number of hydrogen-bond donors (Lipinski definition) is 3. The van der Waals surface area contributed by atoms with Gasteiger partial charge in [0, 0.05) is 5.56 Å². The number of nitrogens with one attached hydrogen (secondary N) is 1. The smallest absolute Gasteiger partial charge is 0.180 e. The van der Waals surface area contributed by atoms with Gasteiger partial charge in [-0.1, -0.05) is 11.6 Å². The minimum absolute atomic E-state index is 0.441. The standard InChI is InChI=1S/C12H10ClN5/c13-7-5-6(1-2-8(7)14)11-16-9-3-4-10(15)17-12(9)18-11/h1-5H,14H2,(H3,15,16,17,18). The van der Waals surface area contributed by atoms with Gasteiger partial charge >= 0.3 is 0 Å². The van der Waals surface area contributed by atoms with E-state index in [9.17, 15) is 0 Å². The molecule has 0 radical (unpaired) electrons. The Morgan fingerprint density at radius 3 is 2.67 bits per heavy atom. The molecule has 0 bridgehead atoms. The van der Waals surface area contributed by atoms with Crippen molar-refractivity contribution in [3.05, 3.63) is 35.4 Å². The molecule has 0 aliphatic heterocycles. The number of anilines is 2. The molecule has 0 amide bonds. The summed E-state index contributed by atoms with van der Waals surface area (Å²) in [6.07, 6.45) is 0. The third-order valence-electron chi connectivity index (χ3n) is 2.64. The van der Waals surface area contributed by atoms with Gasteiger partial charge in [0.1, 0.15) is 11.6 Å². The molecule has 5 nitrogen and oxygen atoms in total. The van der Waals surface area contributed by atoms with Crippen molar-refractivity contribution in [1.82, 2.24) is 15.0 Å². The van der Waals surface area contributed by atoms with E-state index in [-0.39, 0.29) is 0 Å². The minimum atomic E-state index is 0.441. The molecule has 90 valence electrons. The van der Waals surface area contributed by atoms with Crippen molar-refractivity contribution in [2.24, 2.45) is 0 Å². The number of nitrogens with two attached hydrogens (primary N) is 2. The highest BCUT2D eigenvalue weighted by molar-refractivity contribution is 6.33. The molecule has 0 fully saturated rings. The number of aromatic nitrogens is 3. The Morgan fingerprint density at radius 2 is 1.89 bits per heavy atom. The second kappa shape index (κ2) is 3.89. The summed E-state index contributed by atoms with van der Waals surface area (Å²) >= 11 is 5.99. The first-order valence-corrected chi connectivity index (χ1v) is 5.69. The minimum Gasteiger partial charge on any atom is -0.398 e. The summed E-state index contributed by atoms with van der Waals surface area (Å²) in [6.45, 7) is 0. The molecule has 3 aromatic rings. The highest BCUT2D eigenvalue weighted by Gasteiger charge is 2.08. The normalized spacial score (nSPS) is 10.9. The van der Waals surface area contributed by atoms with Crippen LogP contribution in [0.2, 0.25) is 5.02 Å². The molecule has 0 aliphatic carbocycles. The summed E-state index contributed by atoms with van der Waals surface area (Å²) in [5, 5.41) is 0.500. The summed E-state index contributed by atoms with van der Waals surface area (Å²) in [5.41, 5.74) is 14.1. The fourth-order valence-corrected chi connectivity index (χ4v) is 1.90. The topological polar surface area (TPSA) is 93.6 Å². The number of rotatable bonds is 1. The molecule has 3 rings (SSSR count). The van der Waals surface area contributed by atoms with Crippen molar-refractivity contribution in [2.45, 2.75) is 0 Å². The summed E-state index contributed by atoms with van der Waals surface area (Å²) in [4.78, 5) is 11.7. The first kappa shape index (κ1) is 10.9.